The Morgan fingerprint density at radius 3 is 2.36 bits per heavy atom. The molecule has 1 N–H and O–H groups in total. The third kappa shape index (κ3) is 2.00. The Morgan fingerprint density at radius 2 is 1.59 bits per heavy atom. The van der Waals surface area contributed by atoms with Crippen LogP contribution in [0.3, 0.4) is 0 Å². The normalized spacial score (nSPS) is 57.8. The molecule has 4 saturated carbocycles. The van der Waals surface area contributed by atoms with Crippen LogP contribution in [0.2, 0.25) is 0 Å². The molecule has 8 atom stereocenters. The topological polar surface area (TPSA) is 20.2 Å². The first kappa shape index (κ1) is 15.5. The number of fused-ring (bicyclic) bond motifs is 5. The molecule has 0 aromatic carbocycles. The van der Waals surface area contributed by atoms with E-state index in [1.165, 1.54) is 51.4 Å². The highest BCUT2D eigenvalue weighted by Gasteiger charge is 2.59. The average Bonchev–Trinajstić information content (AvgIpc) is 2.84. The Hall–Kier alpha value is -0.0400. The van der Waals surface area contributed by atoms with Crippen molar-refractivity contribution in [2.45, 2.75) is 91.1 Å². The van der Waals surface area contributed by atoms with E-state index in [1.807, 2.05) is 0 Å². The molecule has 0 aromatic heterocycles. The van der Waals surface area contributed by atoms with Gasteiger partial charge in [-0.15, -0.1) is 0 Å². The van der Waals surface area contributed by atoms with Crippen LogP contribution in [0.15, 0.2) is 0 Å². The van der Waals surface area contributed by atoms with Crippen molar-refractivity contribution in [1.29, 1.82) is 0 Å². The summed E-state index contributed by atoms with van der Waals surface area (Å²) in [6.07, 6.45) is 13.7. The monoisotopic (exact) mass is 304 g/mol. The van der Waals surface area contributed by atoms with Gasteiger partial charge >= 0.3 is 0 Å². The summed E-state index contributed by atoms with van der Waals surface area (Å²) < 4.78 is 0. The van der Waals surface area contributed by atoms with Gasteiger partial charge in [0.25, 0.3) is 0 Å². The molecular weight excluding hydrogens is 268 g/mol. The molecule has 1 nitrogen and oxygen atoms in total. The molecule has 0 spiro atoms. The second-order valence-electron chi connectivity index (χ2n) is 9.81. The standard InChI is InChI=1S/C21H36O/c1-4-14-6-8-18-17-7-5-15-13-16(22)9-11-21(15,3)19(17)10-12-20(14,18)2/h14-19,22H,4-13H2,1-3H3/t14-,15?,16+,17?,18?,19?,20?,21?/m0/s1. The third-order valence-corrected chi connectivity index (χ3v) is 9.33. The maximum Gasteiger partial charge on any atom is 0.0543 e. The Labute approximate surface area is 137 Å². The summed E-state index contributed by atoms with van der Waals surface area (Å²) in [7, 11) is 0. The molecule has 0 aromatic rings. The van der Waals surface area contributed by atoms with E-state index in [0.29, 0.717) is 10.8 Å². The van der Waals surface area contributed by atoms with Crippen LogP contribution in [0.4, 0.5) is 0 Å². The molecule has 4 aliphatic carbocycles. The van der Waals surface area contributed by atoms with Gasteiger partial charge < -0.3 is 5.11 Å². The van der Waals surface area contributed by atoms with Crippen LogP contribution in [0, 0.1) is 40.4 Å². The number of rotatable bonds is 1. The van der Waals surface area contributed by atoms with Gasteiger partial charge in [0.15, 0.2) is 0 Å². The number of aliphatic hydroxyl groups is 1. The van der Waals surface area contributed by atoms with Crippen molar-refractivity contribution < 1.29 is 5.11 Å². The van der Waals surface area contributed by atoms with Crippen molar-refractivity contribution in [3.8, 4) is 0 Å². The van der Waals surface area contributed by atoms with Gasteiger partial charge in [-0.05, 0) is 98.2 Å². The highest BCUT2D eigenvalue weighted by Crippen LogP contribution is 2.67. The number of aliphatic hydroxyl groups excluding tert-OH is 1. The van der Waals surface area contributed by atoms with Gasteiger partial charge in [-0.1, -0.05) is 27.2 Å². The average molecular weight is 305 g/mol. The zero-order valence-electron chi connectivity index (χ0n) is 15.0. The van der Waals surface area contributed by atoms with Crippen LogP contribution in [-0.2, 0) is 0 Å². The molecule has 0 aliphatic heterocycles. The van der Waals surface area contributed by atoms with Crippen LogP contribution in [0.5, 0.6) is 0 Å². The lowest BCUT2D eigenvalue weighted by atomic mass is 9.44. The first-order chi connectivity index (χ1) is 10.5. The zero-order chi connectivity index (χ0) is 15.5. The molecule has 0 heterocycles. The summed E-state index contributed by atoms with van der Waals surface area (Å²) >= 11 is 0. The van der Waals surface area contributed by atoms with Gasteiger partial charge in [0.05, 0.1) is 6.10 Å². The molecule has 4 fully saturated rings. The summed E-state index contributed by atoms with van der Waals surface area (Å²) in [5.41, 5.74) is 1.21. The summed E-state index contributed by atoms with van der Waals surface area (Å²) in [6.45, 7) is 7.68. The fourth-order valence-electron chi connectivity index (χ4n) is 8.01. The highest BCUT2D eigenvalue weighted by atomic mass is 16.3. The van der Waals surface area contributed by atoms with Crippen molar-refractivity contribution in [2.24, 2.45) is 40.4 Å². The lowest BCUT2D eigenvalue weighted by Crippen LogP contribution is -2.53. The summed E-state index contributed by atoms with van der Waals surface area (Å²) in [4.78, 5) is 0. The molecule has 126 valence electrons. The second-order valence-corrected chi connectivity index (χ2v) is 9.81. The third-order valence-electron chi connectivity index (χ3n) is 9.33. The minimum absolute atomic E-state index is 0.000524. The van der Waals surface area contributed by atoms with Crippen LogP contribution >= 0.6 is 0 Å². The maximum absolute atomic E-state index is 10.1. The van der Waals surface area contributed by atoms with E-state index in [0.717, 1.165) is 42.4 Å². The Morgan fingerprint density at radius 1 is 0.864 bits per heavy atom. The van der Waals surface area contributed by atoms with Crippen molar-refractivity contribution in [3.05, 3.63) is 0 Å². The SMILES string of the molecule is CC[C@H]1CCC2C3CCC4C[C@H](O)CCC4(C)C3CCC21C. The molecule has 4 aliphatic rings. The number of hydrogen-bond donors (Lipinski definition) is 1. The van der Waals surface area contributed by atoms with Gasteiger partial charge in [-0.3, -0.25) is 0 Å². The summed E-state index contributed by atoms with van der Waals surface area (Å²) in [6, 6.07) is 0. The molecule has 0 saturated heterocycles. The molecular formula is C21H36O. The quantitative estimate of drug-likeness (QED) is 0.686. The second kappa shape index (κ2) is 5.23. The van der Waals surface area contributed by atoms with Gasteiger partial charge in [0.1, 0.15) is 0 Å². The van der Waals surface area contributed by atoms with E-state index in [1.54, 1.807) is 0 Å². The molecule has 6 unspecified atom stereocenters. The highest BCUT2D eigenvalue weighted by molar-refractivity contribution is 5.08. The predicted molar refractivity (Wildman–Crippen MR) is 91.5 cm³/mol. The first-order valence-corrected chi connectivity index (χ1v) is 10.2. The van der Waals surface area contributed by atoms with E-state index >= 15 is 0 Å². The Balaban J connectivity index is 1.61. The summed E-state index contributed by atoms with van der Waals surface area (Å²) in [5, 5.41) is 10.1. The van der Waals surface area contributed by atoms with E-state index in [4.69, 9.17) is 0 Å². The maximum atomic E-state index is 10.1. The van der Waals surface area contributed by atoms with E-state index in [-0.39, 0.29) is 6.10 Å². The van der Waals surface area contributed by atoms with Crippen molar-refractivity contribution in [3.63, 3.8) is 0 Å². The van der Waals surface area contributed by atoms with Gasteiger partial charge in [-0.25, -0.2) is 0 Å². The van der Waals surface area contributed by atoms with Gasteiger partial charge in [0, 0.05) is 0 Å². The molecule has 0 radical (unpaired) electrons. The first-order valence-electron chi connectivity index (χ1n) is 10.2. The lowest BCUT2D eigenvalue weighted by molar-refractivity contribution is -0.126. The molecule has 4 rings (SSSR count). The largest absolute Gasteiger partial charge is 0.393 e. The summed E-state index contributed by atoms with van der Waals surface area (Å²) in [5.74, 6) is 4.79. The lowest BCUT2D eigenvalue weighted by Gasteiger charge is -2.61. The molecule has 1 heteroatoms. The Bertz CT molecular complexity index is 432. The Kier molecular flexibility index (Phi) is 3.68. The van der Waals surface area contributed by atoms with Crippen molar-refractivity contribution >= 4 is 0 Å². The zero-order valence-corrected chi connectivity index (χ0v) is 15.0. The van der Waals surface area contributed by atoms with Gasteiger partial charge in [-0.2, -0.15) is 0 Å². The molecule has 22 heavy (non-hydrogen) atoms. The minimum atomic E-state index is -0.000524. The minimum Gasteiger partial charge on any atom is -0.393 e. The van der Waals surface area contributed by atoms with E-state index in [9.17, 15) is 5.11 Å². The van der Waals surface area contributed by atoms with Crippen LogP contribution < -0.4 is 0 Å². The molecule has 0 bridgehead atoms. The molecule has 0 amide bonds. The van der Waals surface area contributed by atoms with E-state index in [2.05, 4.69) is 20.8 Å². The van der Waals surface area contributed by atoms with Crippen LogP contribution in [0.1, 0.15) is 85.0 Å². The fourth-order valence-corrected chi connectivity index (χ4v) is 8.01. The van der Waals surface area contributed by atoms with Crippen LogP contribution in [-0.4, -0.2) is 11.2 Å². The van der Waals surface area contributed by atoms with Crippen molar-refractivity contribution in [1.82, 2.24) is 0 Å². The number of hydrogen-bond acceptors (Lipinski definition) is 1. The predicted octanol–water partition coefficient (Wildman–Crippen LogP) is 5.42. The van der Waals surface area contributed by atoms with E-state index < -0.39 is 0 Å². The fraction of sp³-hybridized carbons (Fsp3) is 1.00. The van der Waals surface area contributed by atoms with Crippen LogP contribution in [0.25, 0.3) is 0 Å². The van der Waals surface area contributed by atoms with Gasteiger partial charge in [0.2, 0.25) is 0 Å². The smallest absolute Gasteiger partial charge is 0.0543 e. The van der Waals surface area contributed by atoms with Crippen molar-refractivity contribution in [2.75, 3.05) is 0 Å².